The summed E-state index contributed by atoms with van der Waals surface area (Å²) >= 11 is 0. The van der Waals surface area contributed by atoms with Crippen LogP contribution in [-0.2, 0) is 16.1 Å². The van der Waals surface area contributed by atoms with Crippen LogP contribution in [0.25, 0.3) is 0 Å². The Labute approximate surface area is 110 Å². The number of allylic oxidation sites excluding steroid dienone is 2. The maximum absolute atomic E-state index is 11.5. The molecular weight excluding hydrogens is 224 g/mol. The van der Waals surface area contributed by atoms with Crippen LogP contribution in [0.2, 0.25) is 0 Å². The van der Waals surface area contributed by atoms with Crippen LogP contribution in [0.5, 0.6) is 0 Å². The van der Waals surface area contributed by atoms with Gasteiger partial charge >= 0.3 is 5.97 Å². The van der Waals surface area contributed by atoms with E-state index in [1.807, 2.05) is 37.3 Å². The van der Waals surface area contributed by atoms with Crippen LogP contribution in [0.4, 0.5) is 0 Å². The summed E-state index contributed by atoms with van der Waals surface area (Å²) < 4.78 is 5.20. The molecular formula is C16H22O2. The molecule has 0 saturated carbocycles. The summed E-state index contributed by atoms with van der Waals surface area (Å²) in [7, 11) is 0. The molecule has 1 aromatic rings. The zero-order valence-electron chi connectivity index (χ0n) is 11.1. The van der Waals surface area contributed by atoms with Crippen molar-refractivity contribution in [2.45, 2.75) is 45.6 Å². The molecule has 0 aliphatic carbocycles. The molecule has 0 saturated heterocycles. The van der Waals surface area contributed by atoms with Crippen molar-refractivity contribution in [1.82, 2.24) is 0 Å². The minimum absolute atomic E-state index is 0.0927. The van der Waals surface area contributed by atoms with Gasteiger partial charge < -0.3 is 4.74 Å². The van der Waals surface area contributed by atoms with Crippen molar-refractivity contribution in [1.29, 1.82) is 0 Å². The molecule has 1 rings (SSSR count). The van der Waals surface area contributed by atoms with Crippen molar-refractivity contribution in [3.63, 3.8) is 0 Å². The summed E-state index contributed by atoms with van der Waals surface area (Å²) in [6.07, 6.45) is 9.02. The monoisotopic (exact) mass is 246 g/mol. The second-order valence-electron chi connectivity index (χ2n) is 4.31. The van der Waals surface area contributed by atoms with Gasteiger partial charge in [0.2, 0.25) is 0 Å². The zero-order valence-corrected chi connectivity index (χ0v) is 11.1. The first-order valence-corrected chi connectivity index (χ1v) is 6.63. The Balaban J connectivity index is 2.04. The van der Waals surface area contributed by atoms with Crippen molar-refractivity contribution in [3.8, 4) is 0 Å². The lowest BCUT2D eigenvalue weighted by Crippen LogP contribution is -2.04. The largest absolute Gasteiger partial charge is 0.461 e. The van der Waals surface area contributed by atoms with Crippen LogP contribution >= 0.6 is 0 Å². The summed E-state index contributed by atoms with van der Waals surface area (Å²) in [6, 6.07) is 9.78. The van der Waals surface area contributed by atoms with Crippen LogP contribution < -0.4 is 0 Å². The third kappa shape index (κ3) is 6.89. The number of carbonyl (C=O) groups is 1. The SMILES string of the molecule is CC=CCCCCCC(=O)OCc1ccccc1. The predicted molar refractivity (Wildman–Crippen MR) is 74.1 cm³/mol. The van der Waals surface area contributed by atoms with Crippen LogP contribution in [0, 0.1) is 0 Å². The summed E-state index contributed by atoms with van der Waals surface area (Å²) in [5, 5.41) is 0. The number of unbranched alkanes of at least 4 members (excludes halogenated alkanes) is 3. The highest BCUT2D eigenvalue weighted by molar-refractivity contribution is 5.69. The Kier molecular flexibility index (Phi) is 7.61. The van der Waals surface area contributed by atoms with Gasteiger partial charge in [-0.15, -0.1) is 0 Å². The lowest BCUT2D eigenvalue weighted by molar-refractivity contribution is -0.145. The minimum Gasteiger partial charge on any atom is -0.461 e. The number of benzene rings is 1. The first kappa shape index (κ1) is 14.5. The average Bonchev–Trinajstić information content (AvgIpc) is 2.41. The zero-order chi connectivity index (χ0) is 13.1. The fourth-order valence-corrected chi connectivity index (χ4v) is 1.69. The molecule has 0 N–H and O–H groups in total. The summed E-state index contributed by atoms with van der Waals surface area (Å²) in [6.45, 7) is 2.42. The highest BCUT2D eigenvalue weighted by atomic mass is 16.5. The third-order valence-corrected chi connectivity index (χ3v) is 2.73. The minimum atomic E-state index is -0.0927. The molecule has 1 aromatic carbocycles. The van der Waals surface area contributed by atoms with Crippen molar-refractivity contribution in [2.24, 2.45) is 0 Å². The quantitative estimate of drug-likeness (QED) is 0.389. The van der Waals surface area contributed by atoms with Crippen molar-refractivity contribution < 1.29 is 9.53 Å². The lowest BCUT2D eigenvalue weighted by atomic mass is 10.1. The topological polar surface area (TPSA) is 26.3 Å². The second-order valence-corrected chi connectivity index (χ2v) is 4.31. The highest BCUT2D eigenvalue weighted by Crippen LogP contribution is 2.06. The van der Waals surface area contributed by atoms with E-state index in [1.54, 1.807) is 0 Å². The number of ether oxygens (including phenoxy) is 1. The number of esters is 1. The molecule has 2 heteroatoms. The summed E-state index contributed by atoms with van der Waals surface area (Å²) in [5.41, 5.74) is 1.04. The van der Waals surface area contributed by atoms with Gasteiger partial charge in [-0.1, -0.05) is 48.9 Å². The molecule has 18 heavy (non-hydrogen) atoms. The van der Waals surface area contributed by atoms with Gasteiger partial charge in [0, 0.05) is 6.42 Å². The number of hydrogen-bond donors (Lipinski definition) is 0. The third-order valence-electron chi connectivity index (χ3n) is 2.73. The number of hydrogen-bond acceptors (Lipinski definition) is 2. The Morgan fingerprint density at radius 1 is 1.17 bits per heavy atom. The van der Waals surface area contributed by atoms with Gasteiger partial charge in [0.15, 0.2) is 0 Å². The van der Waals surface area contributed by atoms with E-state index in [4.69, 9.17) is 4.74 Å². The molecule has 0 spiro atoms. The normalized spacial score (nSPS) is 10.7. The standard InChI is InChI=1S/C16H22O2/c1-2-3-4-5-6-10-13-16(17)18-14-15-11-8-7-9-12-15/h2-3,7-9,11-12H,4-6,10,13-14H2,1H3. The average molecular weight is 246 g/mol. The molecule has 0 bridgehead atoms. The van der Waals surface area contributed by atoms with Crippen molar-refractivity contribution >= 4 is 5.97 Å². The summed E-state index contributed by atoms with van der Waals surface area (Å²) in [4.78, 5) is 11.5. The molecule has 0 fully saturated rings. The van der Waals surface area contributed by atoms with E-state index in [1.165, 1.54) is 0 Å². The number of carbonyl (C=O) groups excluding carboxylic acids is 1. The molecule has 0 aromatic heterocycles. The summed E-state index contributed by atoms with van der Waals surface area (Å²) in [5.74, 6) is -0.0927. The molecule has 0 aliphatic heterocycles. The lowest BCUT2D eigenvalue weighted by Gasteiger charge is -2.04. The van der Waals surface area contributed by atoms with Crippen LogP contribution in [0.3, 0.4) is 0 Å². The molecule has 0 heterocycles. The molecule has 0 aliphatic rings. The molecule has 0 amide bonds. The van der Waals surface area contributed by atoms with E-state index in [0.29, 0.717) is 13.0 Å². The Hall–Kier alpha value is -1.57. The highest BCUT2D eigenvalue weighted by Gasteiger charge is 2.02. The van der Waals surface area contributed by atoms with Crippen molar-refractivity contribution in [3.05, 3.63) is 48.0 Å². The van der Waals surface area contributed by atoms with E-state index in [2.05, 4.69) is 12.2 Å². The smallest absolute Gasteiger partial charge is 0.306 e. The van der Waals surface area contributed by atoms with E-state index >= 15 is 0 Å². The second kappa shape index (κ2) is 9.46. The molecule has 2 nitrogen and oxygen atoms in total. The molecule has 0 atom stereocenters. The van der Waals surface area contributed by atoms with E-state index in [0.717, 1.165) is 31.2 Å². The van der Waals surface area contributed by atoms with Crippen LogP contribution in [-0.4, -0.2) is 5.97 Å². The van der Waals surface area contributed by atoms with Crippen LogP contribution in [0.1, 0.15) is 44.6 Å². The fraction of sp³-hybridized carbons (Fsp3) is 0.438. The Morgan fingerprint density at radius 2 is 1.94 bits per heavy atom. The van der Waals surface area contributed by atoms with Gasteiger partial charge in [-0.2, -0.15) is 0 Å². The molecule has 0 radical (unpaired) electrons. The van der Waals surface area contributed by atoms with Crippen LogP contribution in [0.15, 0.2) is 42.5 Å². The van der Waals surface area contributed by atoms with Gasteiger partial charge in [-0.25, -0.2) is 0 Å². The first-order valence-electron chi connectivity index (χ1n) is 6.63. The van der Waals surface area contributed by atoms with Gasteiger partial charge in [-0.05, 0) is 31.7 Å². The first-order chi connectivity index (χ1) is 8.83. The Bertz CT molecular complexity index is 355. The molecule has 0 unspecified atom stereocenters. The van der Waals surface area contributed by atoms with E-state index in [-0.39, 0.29) is 5.97 Å². The maximum atomic E-state index is 11.5. The van der Waals surface area contributed by atoms with Gasteiger partial charge in [0.25, 0.3) is 0 Å². The van der Waals surface area contributed by atoms with Gasteiger partial charge in [-0.3, -0.25) is 4.79 Å². The Morgan fingerprint density at radius 3 is 2.67 bits per heavy atom. The van der Waals surface area contributed by atoms with E-state index < -0.39 is 0 Å². The fourth-order valence-electron chi connectivity index (χ4n) is 1.69. The maximum Gasteiger partial charge on any atom is 0.306 e. The van der Waals surface area contributed by atoms with E-state index in [9.17, 15) is 4.79 Å². The van der Waals surface area contributed by atoms with Gasteiger partial charge in [0.1, 0.15) is 6.61 Å². The predicted octanol–water partition coefficient (Wildman–Crippen LogP) is 4.26. The van der Waals surface area contributed by atoms with Gasteiger partial charge in [0.05, 0.1) is 0 Å². The molecule has 98 valence electrons. The number of rotatable bonds is 8. The van der Waals surface area contributed by atoms with Crippen molar-refractivity contribution in [2.75, 3.05) is 0 Å².